The van der Waals surface area contributed by atoms with Crippen molar-refractivity contribution in [3.8, 4) is 0 Å². The Morgan fingerprint density at radius 1 is 1.38 bits per heavy atom. The Morgan fingerprint density at radius 2 is 2.15 bits per heavy atom. The number of benzene rings is 1. The van der Waals surface area contributed by atoms with Gasteiger partial charge in [-0.25, -0.2) is 0 Å². The van der Waals surface area contributed by atoms with E-state index >= 15 is 0 Å². The van der Waals surface area contributed by atoms with Crippen LogP contribution in [-0.2, 0) is 4.79 Å². The van der Waals surface area contributed by atoms with Crippen molar-refractivity contribution in [2.75, 3.05) is 0 Å². The Kier molecular flexibility index (Phi) is 3.44. The predicted molar refractivity (Wildman–Crippen MR) is 55.3 cm³/mol. The zero-order valence-corrected chi connectivity index (χ0v) is 8.00. The molecule has 0 N–H and O–H groups in total. The Balaban J connectivity index is 2.83. The summed E-state index contributed by atoms with van der Waals surface area (Å²) in [5.41, 5.74) is 3.67. The van der Waals surface area contributed by atoms with Gasteiger partial charge in [0.2, 0.25) is 6.29 Å². The molecule has 1 radical (unpaired) electrons. The van der Waals surface area contributed by atoms with Crippen molar-refractivity contribution in [3.05, 3.63) is 41.0 Å². The highest BCUT2D eigenvalue weighted by Crippen LogP contribution is 2.12. The minimum Gasteiger partial charge on any atom is -0.291 e. The van der Waals surface area contributed by atoms with Gasteiger partial charge in [0.15, 0.2) is 0 Å². The number of carbonyl (C=O) groups excluding carboxylic acids is 1. The Hall–Kier alpha value is -1.37. The van der Waals surface area contributed by atoms with Gasteiger partial charge in [-0.1, -0.05) is 35.9 Å². The summed E-state index contributed by atoms with van der Waals surface area (Å²) in [5, 5.41) is 0. The second kappa shape index (κ2) is 4.61. The van der Waals surface area contributed by atoms with E-state index in [2.05, 4.69) is 32.0 Å². The number of allylic oxidation sites excluding steroid dienone is 1. The summed E-state index contributed by atoms with van der Waals surface area (Å²) < 4.78 is 0. The van der Waals surface area contributed by atoms with E-state index in [4.69, 9.17) is 0 Å². The molecule has 0 saturated carbocycles. The van der Waals surface area contributed by atoms with Crippen LogP contribution in [0.2, 0.25) is 0 Å². The molecule has 0 heterocycles. The minimum atomic E-state index is 0.368. The van der Waals surface area contributed by atoms with Gasteiger partial charge in [0, 0.05) is 6.42 Å². The lowest BCUT2D eigenvalue weighted by atomic mass is 10.1. The normalized spacial score (nSPS) is 10.6. The van der Waals surface area contributed by atoms with E-state index in [1.807, 2.05) is 18.4 Å². The van der Waals surface area contributed by atoms with Crippen molar-refractivity contribution >= 4 is 12.4 Å². The van der Waals surface area contributed by atoms with Crippen LogP contribution in [0.25, 0.3) is 6.08 Å². The van der Waals surface area contributed by atoms with E-state index in [9.17, 15) is 4.79 Å². The summed E-state index contributed by atoms with van der Waals surface area (Å²) in [7, 11) is 0. The van der Waals surface area contributed by atoms with Gasteiger partial charge < -0.3 is 0 Å². The zero-order chi connectivity index (χ0) is 9.68. The van der Waals surface area contributed by atoms with E-state index < -0.39 is 0 Å². The summed E-state index contributed by atoms with van der Waals surface area (Å²) in [5.74, 6) is 0. The quantitative estimate of drug-likeness (QED) is 0.687. The minimum absolute atomic E-state index is 0.368. The van der Waals surface area contributed by atoms with Gasteiger partial charge in [0.05, 0.1) is 0 Å². The average Bonchev–Trinajstić information content (AvgIpc) is 2.09. The van der Waals surface area contributed by atoms with Crippen LogP contribution in [-0.4, -0.2) is 6.29 Å². The number of hydrogen-bond donors (Lipinski definition) is 0. The van der Waals surface area contributed by atoms with Crippen molar-refractivity contribution in [2.45, 2.75) is 20.3 Å². The van der Waals surface area contributed by atoms with Crippen LogP contribution in [0.15, 0.2) is 24.3 Å². The molecule has 13 heavy (non-hydrogen) atoms. The lowest BCUT2D eigenvalue weighted by molar-refractivity contribution is 0.556. The van der Waals surface area contributed by atoms with E-state index in [1.165, 1.54) is 16.7 Å². The van der Waals surface area contributed by atoms with Gasteiger partial charge in [-0.3, -0.25) is 4.79 Å². The summed E-state index contributed by atoms with van der Waals surface area (Å²) in [6.07, 6.45) is 5.98. The maximum absolute atomic E-state index is 9.96. The van der Waals surface area contributed by atoms with Gasteiger partial charge in [-0.2, -0.15) is 0 Å². The van der Waals surface area contributed by atoms with E-state index in [0.717, 1.165) is 0 Å². The molecule has 0 aliphatic heterocycles. The van der Waals surface area contributed by atoms with Gasteiger partial charge in [-0.15, -0.1) is 0 Å². The predicted octanol–water partition coefficient (Wildman–Crippen LogP) is 2.82. The standard InChI is InChI=1S/C12H13O/c1-10-6-7-12(11(2)9-10)5-3-4-8-13/h3,5-7,9H,4H2,1-2H3. The molecule has 0 bridgehead atoms. The van der Waals surface area contributed by atoms with Gasteiger partial charge in [0.25, 0.3) is 0 Å². The van der Waals surface area contributed by atoms with Crippen LogP contribution < -0.4 is 0 Å². The van der Waals surface area contributed by atoms with Crippen molar-refractivity contribution in [3.63, 3.8) is 0 Å². The third-order valence-electron chi connectivity index (χ3n) is 1.92. The van der Waals surface area contributed by atoms with Crippen molar-refractivity contribution < 1.29 is 4.79 Å². The van der Waals surface area contributed by atoms with Crippen LogP contribution in [0.5, 0.6) is 0 Å². The molecule has 1 heteroatoms. The molecule has 1 rings (SSSR count). The molecule has 0 aliphatic rings. The van der Waals surface area contributed by atoms with E-state index in [0.29, 0.717) is 6.42 Å². The van der Waals surface area contributed by atoms with Crippen LogP contribution >= 0.6 is 0 Å². The van der Waals surface area contributed by atoms with Crippen LogP contribution in [0, 0.1) is 13.8 Å². The Bertz CT molecular complexity index is 324. The first-order valence-electron chi connectivity index (χ1n) is 4.33. The summed E-state index contributed by atoms with van der Waals surface area (Å²) in [6, 6.07) is 6.26. The molecule has 0 fully saturated rings. The fourth-order valence-corrected chi connectivity index (χ4v) is 1.25. The monoisotopic (exact) mass is 173 g/mol. The highest BCUT2D eigenvalue weighted by Gasteiger charge is 1.92. The first kappa shape index (κ1) is 9.72. The highest BCUT2D eigenvalue weighted by atomic mass is 16.1. The lowest BCUT2D eigenvalue weighted by Crippen LogP contribution is -1.81. The molecule has 0 amide bonds. The molecule has 0 aromatic heterocycles. The first-order chi connectivity index (χ1) is 6.24. The molecule has 1 nitrogen and oxygen atoms in total. The largest absolute Gasteiger partial charge is 0.291 e. The van der Waals surface area contributed by atoms with Gasteiger partial charge in [-0.05, 0) is 25.0 Å². The number of aryl methyl sites for hydroxylation is 2. The molecule has 0 aliphatic carbocycles. The molecule has 67 valence electrons. The summed E-state index contributed by atoms with van der Waals surface area (Å²) >= 11 is 0. The summed E-state index contributed by atoms with van der Waals surface area (Å²) in [4.78, 5) is 9.96. The number of hydrogen-bond acceptors (Lipinski definition) is 1. The molecular formula is C12H13O. The first-order valence-corrected chi connectivity index (χ1v) is 4.33. The second-order valence-corrected chi connectivity index (χ2v) is 3.11. The molecule has 1 aromatic carbocycles. The van der Waals surface area contributed by atoms with Gasteiger partial charge >= 0.3 is 0 Å². The third kappa shape index (κ3) is 2.86. The van der Waals surface area contributed by atoms with E-state index in [-0.39, 0.29) is 0 Å². The van der Waals surface area contributed by atoms with Crippen molar-refractivity contribution in [1.82, 2.24) is 0 Å². The SMILES string of the molecule is Cc1ccc(C=CC[C]=O)c(C)c1. The fourth-order valence-electron chi connectivity index (χ4n) is 1.25. The lowest BCUT2D eigenvalue weighted by Gasteiger charge is -2.00. The smallest absolute Gasteiger partial charge is 0.202 e. The zero-order valence-electron chi connectivity index (χ0n) is 8.00. The van der Waals surface area contributed by atoms with Crippen molar-refractivity contribution in [2.24, 2.45) is 0 Å². The van der Waals surface area contributed by atoms with Crippen LogP contribution in [0.3, 0.4) is 0 Å². The molecule has 1 aromatic rings. The highest BCUT2D eigenvalue weighted by molar-refractivity contribution is 5.60. The maximum Gasteiger partial charge on any atom is 0.202 e. The second-order valence-electron chi connectivity index (χ2n) is 3.11. The fraction of sp³-hybridized carbons (Fsp3) is 0.250. The molecule has 0 saturated heterocycles. The average molecular weight is 173 g/mol. The molecule has 0 atom stereocenters. The van der Waals surface area contributed by atoms with Crippen LogP contribution in [0.1, 0.15) is 23.1 Å². The topological polar surface area (TPSA) is 17.1 Å². The van der Waals surface area contributed by atoms with E-state index in [1.54, 1.807) is 0 Å². The Morgan fingerprint density at radius 3 is 2.77 bits per heavy atom. The Labute approximate surface area is 79.1 Å². The molecular weight excluding hydrogens is 160 g/mol. The third-order valence-corrected chi connectivity index (χ3v) is 1.92. The van der Waals surface area contributed by atoms with Crippen LogP contribution in [0.4, 0.5) is 0 Å². The molecule has 0 unspecified atom stereocenters. The number of rotatable bonds is 3. The maximum atomic E-state index is 9.96. The van der Waals surface area contributed by atoms with Crippen molar-refractivity contribution in [1.29, 1.82) is 0 Å². The molecule has 0 spiro atoms. The summed E-state index contributed by atoms with van der Waals surface area (Å²) in [6.45, 7) is 4.14. The van der Waals surface area contributed by atoms with Gasteiger partial charge in [0.1, 0.15) is 0 Å².